The molecule has 2 aromatic heterocycles. The smallest absolute Gasteiger partial charge is 0.269 e. The van der Waals surface area contributed by atoms with Gasteiger partial charge in [-0.3, -0.25) is 20.2 Å². The van der Waals surface area contributed by atoms with Crippen molar-refractivity contribution in [1.82, 2.24) is 19.9 Å². The van der Waals surface area contributed by atoms with Crippen molar-refractivity contribution >= 4 is 35.0 Å². The summed E-state index contributed by atoms with van der Waals surface area (Å²) in [6.07, 6.45) is 6.20. The Labute approximate surface area is 295 Å². The van der Waals surface area contributed by atoms with Gasteiger partial charge in [-0.15, -0.1) is 0 Å². The molecule has 14 nitrogen and oxygen atoms in total. The maximum atomic E-state index is 11.8. The molecule has 0 fully saturated rings. The standard InChI is InChI=1S/C36H30N8O6S/c1-21-15-27(31(41-35-37-11-5-12-38-35)23-7-3-9-25(19-23)43(47)48)33(45)29(17-21)51-30-18-22(2)16-28(34(30)46)32(42-36-39-13-6-14-40-36)24-8-4-10-26(20-24)44(49)50/h3-20,31-32,45-46H,1-2H3,(H,37,38,41)(H,39,40,42). The number of phenolic OH excluding ortho intramolecular Hbond substituents is 2. The fourth-order valence-corrected chi connectivity index (χ4v) is 6.74. The summed E-state index contributed by atoms with van der Waals surface area (Å²) in [4.78, 5) is 40.2. The number of nitro benzene ring substituents is 2. The molecule has 4 N–H and O–H groups in total. The summed E-state index contributed by atoms with van der Waals surface area (Å²) >= 11 is 1.12. The van der Waals surface area contributed by atoms with Gasteiger partial charge in [0.25, 0.3) is 11.4 Å². The number of nitrogens with zero attached hydrogens (tertiary/aromatic N) is 6. The van der Waals surface area contributed by atoms with E-state index < -0.39 is 21.9 Å². The van der Waals surface area contributed by atoms with Crippen LogP contribution >= 0.6 is 11.8 Å². The zero-order valence-electron chi connectivity index (χ0n) is 27.2. The summed E-state index contributed by atoms with van der Waals surface area (Å²) in [5, 5.41) is 53.4. The van der Waals surface area contributed by atoms with Crippen LogP contribution in [0.25, 0.3) is 0 Å². The van der Waals surface area contributed by atoms with Gasteiger partial charge in [0.1, 0.15) is 11.5 Å². The maximum Gasteiger partial charge on any atom is 0.269 e. The van der Waals surface area contributed by atoms with Crippen LogP contribution in [0.3, 0.4) is 0 Å². The predicted molar refractivity (Wildman–Crippen MR) is 191 cm³/mol. The van der Waals surface area contributed by atoms with Crippen LogP contribution in [0.15, 0.2) is 120 Å². The lowest BCUT2D eigenvalue weighted by Crippen LogP contribution is -2.15. The molecule has 2 unspecified atom stereocenters. The molecule has 4 aromatic carbocycles. The molecule has 6 aromatic rings. The van der Waals surface area contributed by atoms with Gasteiger partial charge in [0.05, 0.1) is 31.7 Å². The minimum Gasteiger partial charge on any atom is -0.506 e. The Morgan fingerprint density at radius 1 is 0.608 bits per heavy atom. The first-order valence-electron chi connectivity index (χ1n) is 15.5. The summed E-state index contributed by atoms with van der Waals surface area (Å²) in [5.74, 6) is 0.234. The van der Waals surface area contributed by atoms with Crippen molar-refractivity contribution in [2.75, 3.05) is 10.6 Å². The molecule has 0 aliphatic carbocycles. The van der Waals surface area contributed by atoms with E-state index in [1.54, 1.807) is 85.5 Å². The molecule has 0 aliphatic heterocycles. The lowest BCUT2D eigenvalue weighted by atomic mass is 9.96. The van der Waals surface area contributed by atoms with Crippen LogP contribution in [0, 0.1) is 34.1 Å². The van der Waals surface area contributed by atoms with Crippen molar-refractivity contribution in [3.8, 4) is 11.5 Å². The molecule has 0 aliphatic rings. The second-order valence-electron chi connectivity index (χ2n) is 11.5. The average molecular weight is 703 g/mol. The quantitative estimate of drug-likeness (QED) is 0.0715. The van der Waals surface area contributed by atoms with Crippen LogP contribution < -0.4 is 10.6 Å². The second kappa shape index (κ2) is 14.9. The largest absolute Gasteiger partial charge is 0.506 e. The van der Waals surface area contributed by atoms with Crippen molar-refractivity contribution in [3.63, 3.8) is 0 Å². The van der Waals surface area contributed by atoms with Crippen molar-refractivity contribution in [2.24, 2.45) is 0 Å². The van der Waals surface area contributed by atoms with Gasteiger partial charge in [-0.25, -0.2) is 19.9 Å². The zero-order chi connectivity index (χ0) is 36.1. The summed E-state index contributed by atoms with van der Waals surface area (Å²) in [7, 11) is 0. The lowest BCUT2D eigenvalue weighted by Gasteiger charge is -2.24. The van der Waals surface area contributed by atoms with E-state index in [2.05, 4.69) is 30.6 Å². The summed E-state index contributed by atoms with van der Waals surface area (Å²) < 4.78 is 0. The van der Waals surface area contributed by atoms with Gasteiger partial charge in [-0.2, -0.15) is 0 Å². The minimum absolute atomic E-state index is 0.125. The van der Waals surface area contributed by atoms with Crippen molar-refractivity contribution in [3.05, 3.63) is 163 Å². The number of anilines is 2. The number of non-ortho nitro benzene ring substituents is 2. The van der Waals surface area contributed by atoms with Crippen molar-refractivity contribution in [2.45, 2.75) is 35.7 Å². The Bertz CT molecular complexity index is 2070. The number of rotatable bonds is 12. The molecule has 0 saturated carbocycles. The third kappa shape index (κ3) is 7.84. The van der Waals surface area contributed by atoms with Gasteiger partial charge in [-0.05, 0) is 72.5 Å². The van der Waals surface area contributed by atoms with Crippen LogP contribution in [0.4, 0.5) is 23.3 Å². The number of aromatic hydroxyl groups is 2. The number of hydrogen-bond donors (Lipinski definition) is 4. The van der Waals surface area contributed by atoms with Crippen molar-refractivity contribution < 1.29 is 20.1 Å². The van der Waals surface area contributed by atoms with Gasteiger partial charge < -0.3 is 20.8 Å². The third-order valence-corrected chi connectivity index (χ3v) is 8.91. The highest BCUT2D eigenvalue weighted by Crippen LogP contribution is 2.47. The summed E-state index contributed by atoms with van der Waals surface area (Å²) in [5.41, 5.74) is 3.05. The molecular weight excluding hydrogens is 673 g/mol. The van der Waals surface area contributed by atoms with E-state index >= 15 is 0 Å². The van der Waals surface area contributed by atoms with E-state index in [1.807, 2.05) is 13.8 Å². The maximum absolute atomic E-state index is 11.8. The van der Waals surface area contributed by atoms with Crippen LogP contribution in [0.1, 0.15) is 45.5 Å². The van der Waals surface area contributed by atoms with Crippen LogP contribution in [-0.2, 0) is 0 Å². The topological polar surface area (TPSA) is 202 Å². The monoisotopic (exact) mass is 702 g/mol. The van der Waals surface area contributed by atoms with Gasteiger partial charge in [0.2, 0.25) is 11.9 Å². The molecule has 0 spiro atoms. The molecule has 6 rings (SSSR count). The van der Waals surface area contributed by atoms with Gasteiger partial charge >= 0.3 is 0 Å². The van der Waals surface area contributed by atoms with E-state index in [4.69, 9.17) is 0 Å². The van der Waals surface area contributed by atoms with E-state index in [1.165, 1.54) is 24.3 Å². The first-order chi connectivity index (χ1) is 24.6. The predicted octanol–water partition coefficient (Wildman–Crippen LogP) is 7.67. The molecule has 0 bridgehead atoms. The Morgan fingerprint density at radius 3 is 1.37 bits per heavy atom. The molecule has 0 saturated heterocycles. The molecule has 0 radical (unpaired) electrons. The highest BCUT2D eigenvalue weighted by molar-refractivity contribution is 7.99. The average Bonchev–Trinajstić information content (AvgIpc) is 3.13. The third-order valence-electron chi connectivity index (χ3n) is 7.85. The number of nitrogens with one attached hydrogen (secondary N) is 2. The van der Waals surface area contributed by atoms with Gasteiger partial charge in [0.15, 0.2) is 0 Å². The first kappa shape index (κ1) is 34.3. The molecule has 2 heterocycles. The number of aromatic nitrogens is 4. The fourth-order valence-electron chi connectivity index (χ4n) is 5.58. The SMILES string of the molecule is Cc1cc(Sc2cc(C)cc(C(Nc3ncccn3)c3cccc([N+](=O)[O-])c3)c2O)c(O)c(C(Nc2ncccn2)c2cccc([N+](=O)[O-])c2)c1. The van der Waals surface area contributed by atoms with Crippen molar-refractivity contribution in [1.29, 1.82) is 0 Å². The molecule has 2 atom stereocenters. The number of hydrogen-bond acceptors (Lipinski definition) is 13. The minimum atomic E-state index is -0.804. The molecule has 0 amide bonds. The zero-order valence-corrected chi connectivity index (χ0v) is 28.0. The highest BCUT2D eigenvalue weighted by Gasteiger charge is 2.26. The van der Waals surface area contributed by atoms with Crippen LogP contribution in [0.5, 0.6) is 11.5 Å². The van der Waals surface area contributed by atoms with E-state index in [0.29, 0.717) is 32.0 Å². The van der Waals surface area contributed by atoms with Crippen LogP contribution in [0.2, 0.25) is 0 Å². The van der Waals surface area contributed by atoms with Gasteiger partial charge in [-0.1, -0.05) is 36.0 Å². The van der Waals surface area contributed by atoms with E-state index in [0.717, 1.165) is 22.9 Å². The first-order valence-corrected chi connectivity index (χ1v) is 16.3. The number of nitro groups is 2. The number of aryl methyl sites for hydroxylation is 2. The number of benzene rings is 4. The Morgan fingerprint density at radius 2 is 1.00 bits per heavy atom. The van der Waals surface area contributed by atoms with E-state index in [9.17, 15) is 30.4 Å². The van der Waals surface area contributed by atoms with E-state index in [-0.39, 0.29) is 34.8 Å². The second-order valence-corrected chi connectivity index (χ2v) is 12.6. The molecule has 256 valence electrons. The molecule has 15 heteroatoms. The fraction of sp³-hybridized carbons (Fsp3) is 0.111. The van der Waals surface area contributed by atoms with Gasteiger partial charge in [0, 0.05) is 60.2 Å². The summed E-state index contributed by atoms with van der Waals surface area (Å²) in [6.45, 7) is 3.69. The Kier molecular flexibility index (Phi) is 9.99. The number of phenols is 2. The lowest BCUT2D eigenvalue weighted by molar-refractivity contribution is -0.385. The summed E-state index contributed by atoms with van der Waals surface area (Å²) in [6, 6.07) is 20.9. The Hall–Kier alpha value is -6.61. The molecule has 51 heavy (non-hydrogen) atoms. The Balaban J connectivity index is 1.44. The normalized spacial score (nSPS) is 12.1. The highest BCUT2D eigenvalue weighted by atomic mass is 32.2. The molecular formula is C36H30N8O6S. The van der Waals surface area contributed by atoms with Crippen LogP contribution in [-0.4, -0.2) is 40.0 Å².